The van der Waals surface area contributed by atoms with E-state index in [0.717, 1.165) is 59.0 Å². The summed E-state index contributed by atoms with van der Waals surface area (Å²) >= 11 is 0. The Morgan fingerprint density at radius 1 is 1.00 bits per heavy atom. The van der Waals surface area contributed by atoms with Gasteiger partial charge in [-0.1, -0.05) is 0 Å². The largest absolute Gasteiger partial charge is 0.317 e. The molecular formula is C21H22FN5. The predicted molar refractivity (Wildman–Crippen MR) is 105 cm³/mol. The fourth-order valence-corrected chi connectivity index (χ4v) is 4.18. The fraction of sp³-hybridized carbons (Fsp3) is 0.333. The van der Waals surface area contributed by atoms with Crippen molar-refractivity contribution < 1.29 is 4.39 Å². The van der Waals surface area contributed by atoms with Crippen LogP contribution >= 0.6 is 0 Å². The van der Waals surface area contributed by atoms with Gasteiger partial charge in [0.15, 0.2) is 5.82 Å². The first-order valence-electron chi connectivity index (χ1n) is 9.42. The Kier molecular flexibility index (Phi) is 3.75. The molecule has 3 heterocycles. The molecule has 4 aromatic rings. The van der Waals surface area contributed by atoms with Gasteiger partial charge in [-0.3, -0.25) is 4.68 Å². The molecule has 1 aliphatic rings. The average molecular weight is 363 g/mol. The third kappa shape index (κ3) is 2.80. The van der Waals surface area contributed by atoms with Crippen molar-refractivity contribution in [1.82, 2.24) is 24.9 Å². The van der Waals surface area contributed by atoms with Gasteiger partial charge in [-0.15, -0.1) is 0 Å². The van der Waals surface area contributed by atoms with Crippen LogP contribution in [-0.2, 0) is 7.05 Å². The van der Waals surface area contributed by atoms with E-state index in [0.29, 0.717) is 11.4 Å². The smallest absolute Gasteiger partial charge is 0.151 e. The summed E-state index contributed by atoms with van der Waals surface area (Å²) in [6, 6.07) is 7.87. The van der Waals surface area contributed by atoms with Crippen molar-refractivity contribution in [1.29, 1.82) is 0 Å². The third-order valence-corrected chi connectivity index (χ3v) is 5.56. The van der Waals surface area contributed by atoms with Crippen LogP contribution in [0.4, 0.5) is 4.39 Å². The van der Waals surface area contributed by atoms with E-state index >= 15 is 0 Å². The zero-order valence-corrected chi connectivity index (χ0v) is 15.5. The number of piperidine rings is 1. The summed E-state index contributed by atoms with van der Waals surface area (Å²) in [7, 11) is 1.92. The molecule has 27 heavy (non-hydrogen) atoms. The van der Waals surface area contributed by atoms with Crippen LogP contribution in [0, 0.1) is 12.7 Å². The van der Waals surface area contributed by atoms with Crippen LogP contribution in [0.25, 0.3) is 27.5 Å². The number of hydrogen-bond donors (Lipinski definition) is 1. The molecule has 138 valence electrons. The maximum absolute atomic E-state index is 14.8. The van der Waals surface area contributed by atoms with Crippen LogP contribution in [0.2, 0.25) is 0 Å². The summed E-state index contributed by atoms with van der Waals surface area (Å²) in [6.07, 6.45) is 6.02. The van der Waals surface area contributed by atoms with Gasteiger partial charge in [-0.25, -0.2) is 9.07 Å². The number of hydrogen-bond acceptors (Lipinski definition) is 3. The van der Waals surface area contributed by atoms with Gasteiger partial charge in [-0.2, -0.15) is 10.2 Å². The zero-order valence-electron chi connectivity index (χ0n) is 15.5. The van der Waals surface area contributed by atoms with Gasteiger partial charge in [-0.05, 0) is 74.2 Å². The van der Waals surface area contributed by atoms with Gasteiger partial charge in [0.1, 0.15) is 5.52 Å². The Bertz CT molecular complexity index is 1150. The lowest BCUT2D eigenvalue weighted by Gasteiger charge is -2.23. The first-order valence-corrected chi connectivity index (χ1v) is 9.42. The summed E-state index contributed by atoms with van der Waals surface area (Å²) in [6.45, 7) is 4.03. The molecule has 6 heteroatoms. The second kappa shape index (κ2) is 6.16. The van der Waals surface area contributed by atoms with E-state index in [4.69, 9.17) is 0 Å². The Labute approximate surface area is 156 Å². The molecule has 5 nitrogen and oxygen atoms in total. The van der Waals surface area contributed by atoms with Gasteiger partial charge >= 0.3 is 0 Å². The number of benzene rings is 2. The first kappa shape index (κ1) is 16.4. The molecule has 1 N–H and O–H groups in total. The summed E-state index contributed by atoms with van der Waals surface area (Å²) in [5, 5.41) is 14.3. The van der Waals surface area contributed by atoms with Crippen molar-refractivity contribution in [2.24, 2.45) is 7.05 Å². The quantitative estimate of drug-likeness (QED) is 0.589. The number of nitrogens with zero attached hydrogens (tertiary/aromatic N) is 4. The molecule has 5 rings (SSSR count). The zero-order chi connectivity index (χ0) is 18.5. The molecule has 0 radical (unpaired) electrons. The molecule has 1 fully saturated rings. The summed E-state index contributed by atoms with van der Waals surface area (Å²) in [4.78, 5) is 0. The van der Waals surface area contributed by atoms with Gasteiger partial charge in [0, 0.05) is 30.2 Å². The Hall–Kier alpha value is -2.73. The average Bonchev–Trinajstić information content (AvgIpc) is 3.26. The molecule has 0 bridgehead atoms. The highest BCUT2D eigenvalue weighted by molar-refractivity contribution is 5.84. The second-order valence-electron chi connectivity index (χ2n) is 7.54. The second-order valence-corrected chi connectivity index (χ2v) is 7.54. The summed E-state index contributed by atoms with van der Waals surface area (Å²) < 4.78 is 18.4. The number of nitrogens with one attached hydrogen (secondary N) is 1. The highest BCUT2D eigenvalue weighted by atomic mass is 19.1. The molecular weight excluding hydrogens is 341 g/mol. The Morgan fingerprint density at radius 3 is 2.59 bits per heavy atom. The van der Waals surface area contributed by atoms with Crippen molar-refractivity contribution in [3.05, 3.63) is 53.6 Å². The van der Waals surface area contributed by atoms with Gasteiger partial charge < -0.3 is 5.32 Å². The topological polar surface area (TPSA) is 47.7 Å². The van der Waals surface area contributed by atoms with Gasteiger partial charge in [0.05, 0.1) is 11.2 Å². The van der Waals surface area contributed by atoms with Crippen molar-refractivity contribution in [3.63, 3.8) is 0 Å². The molecule has 0 saturated carbocycles. The number of aryl methyl sites for hydroxylation is 2. The summed E-state index contributed by atoms with van der Waals surface area (Å²) in [5.41, 5.74) is 4.50. The van der Waals surface area contributed by atoms with Crippen LogP contribution in [0.15, 0.2) is 36.7 Å². The molecule has 0 amide bonds. The van der Waals surface area contributed by atoms with E-state index in [-0.39, 0.29) is 5.82 Å². The molecule has 0 spiro atoms. The van der Waals surface area contributed by atoms with Crippen molar-refractivity contribution >= 4 is 21.8 Å². The first-order chi connectivity index (χ1) is 13.1. The number of rotatable bonds is 2. The summed E-state index contributed by atoms with van der Waals surface area (Å²) in [5.74, 6) is 0.182. The lowest BCUT2D eigenvalue weighted by molar-refractivity contribution is 0.459. The Morgan fingerprint density at radius 2 is 1.78 bits per heavy atom. The number of fused-ring (bicyclic) bond motifs is 2. The Balaban J connectivity index is 1.61. The fourth-order valence-electron chi connectivity index (χ4n) is 4.18. The molecule has 0 atom stereocenters. The van der Waals surface area contributed by atoms with Crippen LogP contribution in [0.3, 0.4) is 0 Å². The maximum Gasteiger partial charge on any atom is 0.151 e. The third-order valence-electron chi connectivity index (χ3n) is 5.56. The minimum Gasteiger partial charge on any atom is -0.317 e. The van der Waals surface area contributed by atoms with Gasteiger partial charge in [0.2, 0.25) is 0 Å². The van der Waals surface area contributed by atoms with Crippen LogP contribution in [0.5, 0.6) is 0 Å². The van der Waals surface area contributed by atoms with Gasteiger partial charge in [0.25, 0.3) is 0 Å². The normalized spacial score (nSPS) is 15.8. The van der Waals surface area contributed by atoms with Crippen LogP contribution in [-0.4, -0.2) is 32.7 Å². The maximum atomic E-state index is 14.8. The van der Waals surface area contributed by atoms with E-state index in [2.05, 4.69) is 21.6 Å². The lowest BCUT2D eigenvalue weighted by Crippen LogP contribution is -2.26. The number of aromatic nitrogens is 4. The van der Waals surface area contributed by atoms with Crippen molar-refractivity contribution in [2.45, 2.75) is 25.7 Å². The van der Waals surface area contributed by atoms with E-state index in [1.165, 1.54) is 0 Å². The SMILES string of the molecule is Cc1cc(-n2cc3cc(C4CCNCC4)cc(F)c3n2)cc2cn(C)nc12. The standard InChI is InChI=1S/C21H22FN5/c1-13-7-18(9-17-11-26(2)24-20(13)17)27-12-16-8-15(10-19(22)21(16)25-27)14-3-5-23-6-4-14/h7-12,14,23H,3-6H2,1-2H3. The number of halogens is 1. The molecule has 1 saturated heterocycles. The molecule has 1 aliphatic heterocycles. The molecule has 0 aliphatic carbocycles. The van der Waals surface area contributed by atoms with E-state index in [1.54, 1.807) is 10.7 Å². The van der Waals surface area contributed by atoms with Crippen LogP contribution < -0.4 is 5.32 Å². The highest BCUT2D eigenvalue weighted by Crippen LogP contribution is 2.30. The molecule has 0 unspecified atom stereocenters. The van der Waals surface area contributed by atoms with Crippen LogP contribution in [0.1, 0.15) is 29.9 Å². The van der Waals surface area contributed by atoms with E-state index in [9.17, 15) is 4.39 Å². The molecule has 2 aromatic heterocycles. The highest BCUT2D eigenvalue weighted by Gasteiger charge is 2.18. The predicted octanol–water partition coefficient (Wildman–Crippen LogP) is 3.83. The van der Waals surface area contributed by atoms with E-state index in [1.807, 2.05) is 43.2 Å². The van der Waals surface area contributed by atoms with Crippen molar-refractivity contribution in [2.75, 3.05) is 13.1 Å². The van der Waals surface area contributed by atoms with Crippen molar-refractivity contribution in [3.8, 4) is 5.69 Å². The minimum absolute atomic E-state index is 0.237. The minimum atomic E-state index is -0.237. The van der Waals surface area contributed by atoms with E-state index < -0.39 is 0 Å². The monoisotopic (exact) mass is 363 g/mol. The lowest BCUT2D eigenvalue weighted by atomic mass is 9.89. The molecule has 2 aromatic carbocycles.